The van der Waals surface area contributed by atoms with Crippen molar-refractivity contribution in [1.82, 2.24) is 9.21 Å². The zero-order valence-corrected chi connectivity index (χ0v) is 17.7. The van der Waals surface area contributed by atoms with Gasteiger partial charge in [-0.1, -0.05) is 0 Å². The van der Waals surface area contributed by atoms with Crippen molar-refractivity contribution in [3.8, 4) is 5.75 Å². The summed E-state index contributed by atoms with van der Waals surface area (Å²) >= 11 is 3.31. The predicted octanol–water partition coefficient (Wildman–Crippen LogP) is 3.13. The van der Waals surface area contributed by atoms with Crippen LogP contribution in [-0.4, -0.2) is 56.8 Å². The van der Waals surface area contributed by atoms with Gasteiger partial charge in [0, 0.05) is 31.7 Å². The first-order valence-corrected chi connectivity index (χ1v) is 10.9. The second kappa shape index (κ2) is 8.59. The molecule has 150 valence electrons. The Morgan fingerprint density at radius 1 is 1.07 bits per heavy atom. The van der Waals surface area contributed by atoms with E-state index in [1.54, 1.807) is 11.0 Å². The average molecular weight is 471 g/mol. The average Bonchev–Trinajstić information content (AvgIpc) is 2.94. The first-order chi connectivity index (χ1) is 13.3. The smallest absolute Gasteiger partial charge is 0.253 e. The van der Waals surface area contributed by atoms with Crippen molar-refractivity contribution in [2.24, 2.45) is 0 Å². The molecular formula is C19H20BrFN2O4S. The van der Waals surface area contributed by atoms with Crippen molar-refractivity contribution >= 4 is 31.9 Å². The van der Waals surface area contributed by atoms with Crippen LogP contribution in [0.15, 0.2) is 51.8 Å². The molecule has 0 atom stereocenters. The largest absolute Gasteiger partial charge is 0.496 e. The van der Waals surface area contributed by atoms with Gasteiger partial charge in [-0.3, -0.25) is 4.79 Å². The first kappa shape index (κ1) is 20.8. The molecule has 1 amide bonds. The third-order valence-electron chi connectivity index (χ3n) is 4.59. The number of rotatable bonds is 4. The lowest BCUT2D eigenvalue weighted by Crippen LogP contribution is -2.37. The lowest BCUT2D eigenvalue weighted by atomic mass is 10.2. The van der Waals surface area contributed by atoms with E-state index in [0.717, 1.165) is 0 Å². The van der Waals surface area contributed by atoms with E-state index in [2.05, 4.69) is 15.9 Å². The number of ether oxygens (including phenoxy) is 1. The Hall–Kier alpha value is -1.97. The van der Waals surface area contributed by atoms with Gasteiger partial charge in [0.1, 0.15) is 11.6 Å². The molecule has 0 unspecified atom stereocenters. The monoisotopic (exact) mass is 470 g/mol. The fourth-order valence-corrected chi connectivity index (χ4v) is 5.26. The van der Waals surface area contributed by atoms with Crippen molar-refractivity contribution in [3.05, 3.63) is 58.3 Å². The van der Waals surface area contributed by atoms with Gasteiger partial charge < -0.3 is 9.64 Å². The number of carbonyl (C=O) groups is 1. The standard InChI is InChI=1S/C19H20BrFN2O4S/c1-27-18-8-7-16(13-17(18)20)28(25,26)23-10-2-9-22(11-12-23)19(24)14-3-5-15(21)6-4-14/h3-8,13H,2,9-12H2,1H3. The van der Waals surface area contributed by atoms with Crippen molar-refractivity contribution in [1.29, 1.82) is 0 Å². The second-order valence-electron chi connectivity index (χ2n) is 6.35. The minimum absolute atomic E-state index is 0.165. The molecule has 9 heteroatoms. The molecule has 28 heavy (non-hydrogen) atoms. The number of nitrogens with zero attached hydrogens (tertiary/aromatic N) is 2. The lowest BCUT2D eigenvalue weighted by molar-refractivity contribution is 0.0764. The van der Waals surface area contributed by atoms with Crippen LogP contribution in [0, 0.1) is 5.82 Å². The topological polar surface area (TPSA) is 66.9 Å². The van der Waals surface area contributed by atoms with Gasteiger partial charge in [0.25, 0.3) is 5.91 Å². The first-order valence-electron chi connectivity index (χ1n) is 8.71. The van der Waals surface area contributed by atoms with Crippen LogP contribution in [0.1, 0.15) is 16.8 Å². The Kier molecular flexibility index (Phi) is 6.36. The zero-order chi connectivity index (χ0) is 20.3. The molecule has 1 fully saturated rings. The number of amides is 1. The van der Waals surface area contributed by atoms with Crippen LogP contribution in [0.3, 0.4) is 0 Å². The molecule has 0 aliphatic carbocycles. The van der Waals surface area contributed by atoms with Crippen molar-refractivity contribution in [2.75, 3.05) is 33.3 Å². The van der Waals surface area contributed by atoms with Crippen molar-refractivity contribution in [2.45, 2.75) is 11.3 Å². The summed E-state index contributed by atoms with van der Waals surface area (Å²) in [5.41, 5.74) is 0.386. The van der Waals surface area contributed by atoms with Gasteiger partial charge in [-0.05, 0) is 64.8 Å². The van der Waals surface area contributed by atoms with Gasteiger partial charge in [0.05, 0.1) is 16.5 Å². The van der Waals surface area contributed by atoms with Gasteiger partial charge in [0.2, 0.25) is 10.0 Å². The third-order valence-corrected chi connectivity index (χ3v) is 7.11. The van der Waals surface area contributed by atoms with Gasteiger partial charge >= 0.3 is 0 Å². The van der Waals surface area contributed by atoms with E-state index >= 15 is 0 Å². The van der Waals surface area contributed by atoms with Gasteiger partial charge in [-0.2, -0.15) is 4.31 Å². The maximum atomic E-state index is 13.1. The van der Waals surface area contributed by atoms with Crippen LogP contribution in [0.5, 0.6) is 5.75 Å². The minimum Gasteiger partial charge on any atom is -0.496 e. The van der Waals surface area contributed by atoms with E-state index in [4.69, 9.17) is 4.74 Å². The van der Waals surface area contributed by atoms with E-state index < -0.39 is 15.8 Å². The Morgan fingerprint density at radius 3 is 2.43 bits per heavy atom. The molecule has 6 nitrogen and oxygen atoms in total. The minimum atomic E-state index is -3.69. The van der Waals surface area contributed by atoms with Gasteiger partial charge in [-0.25, -0.2) is 12.8 Å². The summed E-state index contributed by atoms with van der Waals surface area (Å²) in [6.07, 6.45) is 0.517. The SMILES string of the molecule is COc1ccc(S(=O)(=O)N2CCCN(C(=O)c3ccc(F)cc3)CC2)cc1Br. The molecule has 2 aromatic rings. The number of hydrogen-bond donors (Lipinski definition) is 0. The van der Waals surface area contributed by atoms with Crippen LogP contribution < -0.4 is 4.74 Å². The zero-order valence-electron chi connectivity index (χ0n) is 15.3. The third kappa shape index (κ3) is 4.37. The molecule has 1 heterocycles. The molecule has 1 aliphatic heterocycles. The molecule has 0 spiro atoms. The van der Waals surface area contributed by atoms with Gasteiger partial charge in [0.15, 0.2) is 0 Å². The highest BCUT2D eigenvalue weighted by Gasteiger charge is 2.29. The quantitative estimate of drug-likeness (QED) is 0.688. The summed E-state index contributed by atoms with van der Waals surface area (Å²) < 4.78 is 46.1. The molecule has 2 aromatic carbocycles. The van der Waals surface area contributed by atoms with E-state index in [1.807, 2.05) is 0 Å². The van der Waals surface area contributed by atoms with Gasteiger partial charge in [-0.15, -0.1) is 0 Å². The Bertz CT molecular complexity index is 966. The van der Waals surface area contributed by atoms with Crippen LogP contribution in [-0.2, 0) is 10.0 Å². The highest BCUT2D eigenvalue weighted by atomic mass is 79.9. The van der Waals surface area contributed by atoms with Crippen LogP contribution in [0.4, 0.5) is 4.39 Å². The van der Waals surface area contributed by atoms with Crippen molar-refractivity contribution < 1.29 is 22.3 Å². The van der Waals surface area contributed by atoms with E-state index in [0.29, 0.717) is 35.3 Å². The number of sulfonamides is 1. The molecular weight excluding hydrogens is 451 g/mol. The normalized spacial score (nSPS) is 15.9. The van der Waals surface area contributed by atoms with E-state index in [9.17, 15) is 17.6 Å². The highest BCUT2D eigenvalue weighted by molar-refractivity contribution is 9.10. The number of methoxy groups -OCH3 is 1. The Balaban J connectivity index is 1.74. The summed E-state index contributed by atoms with van der Waals surface area (Å²) in [5, 5.41) is 0. The van der Waals surface area contributed by atoms with Crippen LogP contribution in [0.2, 0.25) is 0 Å². The lowest BCUT2D eigenvalue weighted by Gasteiger charge is -2.22. The molecule has 1 saturated heterocycles. The summed E-state index contributed by atoms with van der Waals surface area (Å²) in [6, 6.07) is 9.97. The summed E-state index contributed by atoms with van der Waals surface area (Å²) in [5.74, 6) is -0.0901. The summed E-state index contributed by atoms with van der Waals surface area (Å²) in [7, 11) is -2.18. The molecule has 1 aliphatic rings. The predicted molar refractivity (Wildman–Crippen MR) is 106 cm³/mol. The van der Waals surface area contributed by atoms with Crippen molar-refractivity contribution in [3.63, 3.8) is 0 Å². The number of hydrogen-bond acceptors (Lipinski definition) is 4. The fraction of sp³-hybridized carbons (Fsp3) is 0.316. The maximum Gasteiger partial charge on any atom is 0.253 e. The van der Waals surface area contributed by atoms with Crippen LogP contribution in [0.25, 0.3) is 0 Å². The number of halogens is 2. The molecule has 0 aromatic heterocycles. The molecule has 0 N–H and O–H groups in total. The maximum absolute atomic E-state index is 13.1. The Labute approximate surface area is 172 Å². The Morgan fingerprint density at radius 2 is 1.79 bits per heavy atom. The van der Waals surface area contributed by atoms with Crippen LogP contribution >= 0.6 is 15.9 Å². The molecule has 0 saturated carbocycles. The summed E-state index contributed by atoms with van der Waals surface area (Å²) in [6.45, 7) is 1.22. The fourth-order valence-electron chi connectivity index (χ4n) is 3.07. The van der Waals surface area contributed by atoms with E-state index in [-0.39, 0.29) is 23.9 Å². The molecule has 0 radical (unpaired) electrons. The molecule has 0 bridgehead atoms. The van der Waals surface area contributed by atoms with E-state index in [1.165, 1.54) is 47.8 Å². The number of carbonyl (C=O) groups excluding carboxylic acids is 1. The summed E-state index contributed by atoms with van der Waals surface area (Å²) in [4.78, 5) is 14.4. The highest BCUT2D eigenvalue weighted by Crippen LogP contribution is 2.29. The number of benzene rings is 2. The second-order valence-corrected chi connectivity index (χ2v) is 9.15. The molecule has 3 rings (SSSR count).